The quantitative estimate of drug-likeness (QED) is 0.666. The molecule has 0 aliphatic rings. The van der Waals surface area contributed by atoms with Crippen molar-refractivity contribution in [2.75, 3.05) is 13.2 Å². The van der Waals surface area contributed by atoms with Gasteiger partial charge in [0.2, 0.25) is 0 Å². The van der Waals surface area contributed by atoms with E-state index in [4.69, 9.17) is 4.74 Å². The van der Waals surface area contributed by atoms with Crippen LogP contribution in [0, 0.1) is 6.92 Å². The topological polar surface area (TPSA) is 50.7 Å². The highest BCUT2D eigenvalue weighted by atomic mass is 19.3. The number of hydrogen-bond acceptors (Lipinski definition) is 4. The molecule has 0 heterocycles. The molecule has 0 spiro atoms. The van der Waals surface area contributed by atoms with E-state index >= 15 is 0 Å². The Labute approximate surface area is 152 Å². The van der Waals surface area contributed by atoms with Crippen LogP contribution in [0.25, 0.3) is 0 Å². The minimum absolute atomic E-state index is 0.141. The van der Waals surface area contributed by atoms with E-state index in [2.05, 4.69) is 10.1 Å². The Kier molecular flexibility index (Phi) is 7.81. The van der Waals surface area contributed by atoms with Crippen LogP contribution in [0.4, 0.5) is 8.78 Å². The van der Waals surface area contributed by atoms with Gasteiger partial charge >= 0.3 is 6.61 Å². The number of alkyl halides is 2. The van der Waals surface area contributed by atoms with Gasteiger partial charge in [-0.25, -0.2) is 0 Å². The largest absolute Gasteiger partial charge is 0.491 e. The second kappa shape index (κ2) is 10.1. The summed E-state index contributed by atoms with van der Waals surface area (Å²) in [5, 5.41) is 13.3. The highest BCUT2D eigenvalue weighted by Crippen LogP contribution is 2.28. The molecule has 0 fully saturated rings. The second-order valence-electron chi connectivity index (χ2n) is 6.07. The van der Waals surface area contributed by atoms with Crippen molar-refractivity contribution in [1.82, 2.24) is 5.32 Å². The summed E-state index contributed by atoms with van der Waals surface area (Å²) < 4.78 is 35.3. The Morgan fingerprint density at radius 1 is 1.12 bits per heavy atom. The van der Waals surface area contributed by atoms with Crippen molar-refractivity contribution in [2.45, 2.75) is 39.0 Å². The van der Waals surface area contributed by atoms with E-state index in [0.29, 0.717) is 17.7 Å². The molecule has 2 aromatic carbocycles. The fourth-order valence-corrected chi connectivity index (χ4v) is 2.68. The molecule has 2 N–H and O–H groups in total. The fraction of sp³-hybridized carbons (Fsp3) is 0.400. The first kappa shape index (κ1) is 20.1. The van der Waals surface area contributed by atoms with Gasteiger partial charge in [-0.1, -0.05) is 37.3 Å². The van der Waals surface area contributed by atoms with Gasteiger partial charge < -0.3 is 19.9 Å². The lowest BCUT2D eigenvalue weighted by Crippen LogP contribution is -2.34. The van der Waals surface area contributed by atoms with Crippen LogP contribution >= 0.6 is 0 Å². The van der Waals surface area contributed by atoms with Gasteiger partial charge in [-0.05, 0) is 37.1 Å². The van der Waals surface area contributed by atoms with E-state index < -0.39 is 12.7 Å². The molecule has 2 aromatic rings. The van der Waals surface area contributed by atoms with Crippen molar-refractivity contribution < 1.29 is 23.4 Å². The van der Waals surface area contributed by atoms with E-state index in [1.165, 1.54) is 6.07 Å². The molecule has 2 rings (SSSR count). The Morgan fingerprint density at radius 3 is 2.58 bits per heavy atom. The van der Waals surface area contributed by atoms with Crippen molar-refractivity contribution in [3.63, 3.8) is 0 Å². The zero-order valence-electron chi connectivity index (χ0n) is 15.0. The van der Waals surface area contributed by atoms with E-state index in [0.717, 1.165) is 5.56 Å². The van der Waals surface area contributed by atoms with Crippen LogP contribution in [0.3, 0.4) is 0 Å². The molecule has 142 valence electrons. The van der Waals surface area contributed by atoms with Gasteiger partial charge in [0.15, 0.2) is 0 Å². The van der Waals surface area contributed by atoms with Crippen LogP contribution in [0.5, 0.6) is 11.5 Å². The van der Waals surface area contributed by atoms with Crippen LogP contribution in [0.2, 0.25) is 0 Å². The number of ether oxygens (including phenoxy) is 2. The summed E-state index contributed by atoms with van der Waals surface area (Å²) in [5.41, 5.74) is 1.72. The van der Waals surface area contributed by atoms with Crippen molar-refractivity contribution in [3.8, 4) is 11.5 Å². The summed E-state index contributed by atoms with van der Waals surface area (Å²) in [7, 11) is 0. The van der Waals surface area contributed by atoms with E-state index in [1.54, 1.807) is 18.2 Å². The molecule has 0 aliphatic heterocycles. The molecule has 0 bridgehead atoms. The third kappa shape index (κ3) is 6.28. The summed E-state index contributed by atoms with van der Waals surface area (Å²) in [6.45, 7) is 1.44. The molecule has 0 saturated carbocycles. The molecule has 26 heavy (non-hydrogen) atoms. The standard InChI is InChI=1S/C20H25F2NO3/c1-3-18(17-9-4-5-10-19(17)26-20(21)22)23-12-15(24)13-25-16-8-6-7-14(2)11-16/h4-11,15,18,20,23-24H,3,12-13H2,1-2H3. The molecule has 0 aromatic heterocycles. The summed E-state index contributed by atoms with van der Waals surface area (Å²) in [5.74, 6) is 0.846. The predicted octanol–water partition coefficient (Wildman–Crippen LogP) is 4.08. The Morgan fingerprint density at radius 2 is 1.88 bits per heavy atom. The maximum absolute atomic E-state index is 12.6. The minimum Gasteiger partial charge on any atom is -0.491 e. The zero-order chi connectivity index (χ0) is 18.9. The number of aryl methyl sites for hydroxylation is 1. The smallest absolute Gasteiger partial charge is 0.387 e. The van der Waals surface area contributed by atoms with Crippen molar-refractivity contribution >= 4 is 0 Å². The Hall–Kier alpha value is -2.18. The average molecular weight is 365 g/mol. The minimum atomic E-state index is -2.87. The van der Waals surface area contributed by atoms with Crippen molar-refractivity contribution in [3.05, 3.63) is 59.7 Å². The molecule has 0 amide bonds. The molecule has 2 unspecified atom stereocenters. The lowest BCUT2D eigenvalue weighted by molar-refractivity contribution is -0.0507. The predicted molar refractivity (Wildman–Crippen MR) is 96.8 cm³/mol. The average Bonchev–Trinajstić information content (AvgIpc) is 2.61. The van der Waals surface area contributed by atoms with Gasteiger partial charge in [-0.15, -0.1) is 0 Å². The fourth-order valence-electron chi connectivity index (χ4n) is 2.68. The van der Waals surface area contributed by atoms with E-state index in [9.17, 15) is 13.9 Å². The summed E-state index contributed by atoms with van der Waals surface area (Å²) in [4.78, 5) is 0. The summed E-state index contributed by atoms with van der Waals surface area (Å²) in [6, 6.07) is 14.1. The summed E-state index contributed by atoms with van der Waals surface area (Å²) >= 11 is 0. The monoisotopic (exact) mass is 365 g/mol. The molecule has 6 heteroatoms. The molecule has 2 atom stereocenters. The Balaban J connectivity index is 1.90. The third-order valence-electron chi connectivity index (χ3n) is 3.95. The molecule has 0 aliphatic carbocycles. The van der Waals surface area contributed by atoms with Crippen molar-refractivity contribution in [2.24, 2.45) is 0 Å². The second-order valence-corrected chi connectivity index (χ2v) is 6.07. The van der Waals surface area contributed by atoms with Gasteiger partial charge in [0.1, 0.15) is 24.2 Å². The van der Waals surface area contributed by atoms with Crippen LogP contribution in [0.1, 0.15) is 30.5 Å². The van der Waals surface area contributed by atoms with Gasteiger partial charge in [-0.2, -0.15) is 8.78 Å². The van der Waals surface area contributed by atoms with Crippen LogP contribution < -0.4 is 14.8 Å². The number of aliphatic hydroxyl groups is 1. The van der Waals surface area contributed by atoms with Gasteiger partial charge in [0.05, 0.1) is 0 Å². The van der Waals surface area contributed by atoms with Crippen LogP contribution in [0.15, 0.2) is 48.5 Å². The number of aliphatic hydroxyl groups excluding tert-OH is 1. The lowest BCUT2D eigenvalue weighted by atomic mass is 10.0. The van der Waals surface area contributed by atoms with Crippen LogP contribution in [-0.4, -0.2) is 31.0 Å². The first-order valence-corrected chi connectivity index (χ1v) is 8.64. The number of nitrogens with one attached hydrogen (secondary N) is 1. The van der Waals surface area contributed by atoms with Crippen molar-refractivity contribution in [1.29, 1.82) is 0 Å². The number of benzene rings is 2. The molecular formula is C20H25F2NO3. The number of rotatable bonds is 10. The number of halogens is 2. The van der Waals surface area contributed by atoms with E-state index in [1.807, 2.05) is 38.1 Å². The summed E-state index contributed by atoms with van der Waals surface area (Å²) in [6.07, 6.45) is -0.0672. The first-order valence-electron chi connectivity index (χ1n) is 8.64. The highest BCUT2D eigenvalue weighted by Gasteiger charge is 2.17. The highest BCUT2D eigenvalue weighted by molar-refractivity contribution is 5.36. The van der Waals surface area contributed by atoms with Gasteiger partial charge in [-0.3, -0.25) is 0 Å². The number of hydrogen-bond donors (Lipinski definition) is 2. The van der Waals surface area contributed by atoms with Gasteiger partial charge in [0.25, 0.3) is 0 Å². The Bertz CT molecular complexity index is 682. The molecule has 0 radical (unpaired) electrons. The SMILES string of the molecule is CCC(NCC(O)COc1cccc(C)c1)c1ccccc1OC(F)F. The number of para-hydroxylation sites is 1. The lowest BCUT2D eigenvalue weighted by Gasteiger charge is -2.22. The molecular weight excluding hydrogens is 340 g/mol. The maximum Gasteiger partial charge on any atom is 0.387 e. The normalized spacial score (nSPS) is 13.5. The third-order valence-corrected chi connectivity index (χ3v) is 3.95. The molecule has 0 saturated heterocycles. The van der Waals surface area contributed by atoms with Crippen LogP contribution in [-0.2, 0) is 0 Å². The maximum atomic E-state index is 12.6. The van der Waals surface area contributed by atoms with E-state index in [-0.39, 0.29) is 24.9 Å². The van der Waals surface area contributed by atoms with Gasteiger partial charge in [0, 0.05) is 18.2 Å². The molecule has 4 nitrogen and oxygen atoms in total. The first-order chi connectivity index (χ1) is 12.5. The zero-order valence-corrected chi connectivity index (χ0v) is 15.0.